The number of sulfonamides is 1. The predicted molar refractivity (Wildman–Crippen MR) is 115 cm³/mol. The van der Waals surface area contributed by atoms with Crippen LogP contribution in [-0.2, 0) is 10.0 Å². The smallest absolute Gasteiger partial charge is 0.266 e. The van der Waals surface area contributed by atoms with E-state index < -0.39 is 20.7 Å². The van der Waals surface area contributed by atoms with Gasteiger partial charge in [0.15, 0.2) is 5.13 Å². The molecule has 0 radical (unpaired) electrons. The number of hydrogen-bond acceptors (Lipinski definition) is 6. The van der Waals surface area contributed by atoms with E-state index in [1.807, 2.05) is 0 Å². The van der Waals surface area contributed by atoms with Crippen LogP contribution in [0.15, 0.2) is 28.6 Å². The molecule has 1 saturated carbocycles. The number of likely N-dealkylation sites (tertiary alicyclic amines) is 1. The number of nitrogens with zero attached hydrogens (tertiary/aromatic N) is 2. The van der Waals surface area contributed by atoms with Gasteiger partial charge in [0.25, 0.3) is 10.0 Å². The van der Waals surface area contributed by atoms with Gasteiger partial charge in [0.2, 0.25) is 0 Å². The summed E-state index contributed by atoms with van der Waals surface area (Å²) in [6.45, 7) is 2.20. The number of hydrogen-bond donors (Lipinski definition) is 2. The molecule has 1 saturated heterocycles. The Morgan fingerprint density at radius 3 is 2.66 bits per heavy atom. The first-order valence-electron chi connectivity index (χ1n) is 9.86. The van der Waals surface area contributed by atoms with Crippen LogP contribution in [0, 0.1) is 5.82 Å². The van der Waals surface area contributed by atoms with E-state index in [4.69, 9.17) is 11.6 Å². The third-order valence-corrected chi connectivity index (χ3v) is 8.13. The Labute approximate surface area is 179 Å². The van der Waals surface area contributed by atoms with Crippen molar-refractivity contribution in [3.8, 4) is 0 Å². The lowest BCUT2D eigenvalue weighted by atomic mass is 9.89. The average molecular weight is 459 g/mol. The summed E-state index contributed by atoms with van der Waals surface area (Å²) >= 11 is 7.49. The fraction of sp³-hybridized carbons (Fsp3) is 0.526. The first kappa shape index (κ1) is 20.8. The van der Waals surface area contributed by atoms with E-state index >= 15 is 0 Å². The zero-order valence-corrected chi connectivity index (χ0v) is 18.3. The van der Waals surface area contributed by atoms with Gasteiger partial charge in [0.05, 0.1) is 10.7 Å². The van der Waals surface area contributed by atoms with Crippen LogP contribution >= 0.6 is 22.9 Å². The summed E-state index contributed by atoms with van der Waals surface area (Å²) in [6.07, 6.45) is 8.33. The van der Waals surface area contributed by atoms with Crippen LogP contribution in [0.4, 0.5) is 15.2 Å². The Hall–Kier alpha value is -1.42. The largest absolute Gasteiger partial charge is 0.379 e. The van der Waals surface area contributed by atoms with E-state index in [2.05, 4.69) is 19.9 Å². The van der Waals surface area contributed by atoms with E-state index in [1.165, 1.54) is 37.6 Å². The number of aromatic nitrogens is 1. The highest BCUT2D eigenvalue weighted by atomic mass is 35.5. The van der Waals surface area contributed by atoms with Gasteiger partial charge in [-0.3, -0.25) is 9.62 Å². The highest BCUT2D eigenvalue weighted by Gasteiger charge is 2.32. The topological polar surface area (TPSA) is 74.3 Å². The summed E-state index contributed by atoms with van der Waals surface area (Å²) in [5, 5.41) is 5.41. The molecular weight excluding hydrogens is 435 g/mol. The number of rotatable bonds is 6. The second-order valence-electron chi connectivity index (χ2n) is 7.55. The lowest BCUT2D eigenvalue weighted by Gasteiger charge is -2.39. The first-order valence-corrected chi connectivity index (χ1v) is 12.6. The van der Waals surface area contributed by atoms with Gasteiger partial charge in [-0.1, -0.05) is 24.4 Å². The van der Waals surface area contributed by atoms with Crippen molar-refractivity contribution >= 4 is 43.8 Å². The normalized spacial score (nSPS) is 23.2. The van der Waals surface area contributed by atoms with Gasteiger partial charge >= 0.3 is 0 Å². The summed E-state index contributed by atoms with van der Waals surface area (Å²) in [5.41, 5.74) is 0.438. The SMILES string of the molecule is O=S(=O)(Nc1nccs1)c1cc(Cl)c(N[C@@H]2CCCC[C@H]2N2CCCC2)cc1F. The van der Waals surface area contributed by atoms with Gasteiger partial charge in [-0.15, -0.1) is 11.3 Å². The molecular formula is C19H24ClFN4O2S2. The molecule has 0 unspecified atom stereocenters. The van der Waals surface area contributed by atoms with E-state index in [-0.39, 0.29) is 16.2 Å². The van der Waals surface area contributed by atoms with Crippen LogP contribution in [0.1, 0.15) is 38.5 Å². The Kier molecular flexibility index (Phi) is 6.29. The fourth-order valence-electron chi connectivity index (χ4n) is 4.28. The van der Waals surface area contributed by atoms with Gasteiger partial charge in [-0.05, 0) is 50.9 Å². The predicted octanol–water partition coefficient (Wildman–Crippen LogP) is 4.56. The number of anilines is 2. The van der Waals surface area contributed by atoms with Gasteiger partial charge in [-0.2, -0.15) is 0 Å². The fourth-order valence-corrected chi connectivity index (χ4v) is 6.44. The highest BCUT2D eigenvalue weighted by Crippen LogP contribution is 2.33. The lowest BCUT2D eigenvalue weighted by Crippen LogP contribution is -2.47. The minimum Gasteiger partial charge on any atom is -0.379 e. The zero-order chi connectivity index (χ0) is 20.4. The van der Waals surface area contributed by atoms with Crippen LogP contribution in [-0.4, -0.2) is 43.5 Å². The van der Waals surface area contributed by atoms with Gasteiger partial charge < -0.3 is 5.32 Å². The molecule has 4 rings (SSSR count). The summed E-state index contributed by atoms with van der Waals surface area (Å²) in [5.74, 6) is -0.838. The van der Waals surface area contributed by atoms with Crippen LogP contribution in [0.2, 0.25) is 5.02 Å². The van der Waals surface area contributed by atoms with Crippen molar-refractivity contribution in [2.24, 2.45) is 0 Å². The molecule has 1 aromatic carbocycles. The first-order chi connectivity index (χ1) is 13.9. The van der Waals surface area contributed by atoms with E-state index in [0.717, 1.165) is 43.7 Å². The Bertz CT molecular complexity index is 949. The van der Waals surface area contributed by atoms with Crippen molar-refractivity contribution in [3.05, 3.63) is 34.5 Å². The van der Waals surface area contributed by atoms with Gasteiger partial charge in [0.1, 0.15) is 10.7 Å². The van der Waals surface area contributed by atoms with Gasteiger partial charge in [-0.25, -0.2) is 17.8 Å². The molecule has 2 aromatic rings. The molecule has 0 amide bonds. The quantitative estimate of drug-likeness (QED) is 0.664. The Morgan fingerprint density at radius 2 is 1.93 bits per heavy atom. The van der Waals surface area contributed by atoms with E-state index in [0.29, 0.717) is 11.7 Å². The van der Waals surface area contributed by atoms with Crippen LogP contribution < -0.4 is 10.0 Å². The average Bonchev–Trinajstić information content (AvgIpc) is 3.38. The monoisotopic (exact) mass is 458 g/mol. The Balaban J connectivity index is 1.55. The van der Waals surface area contributed by atoms with Crippen molar-refractivity contribution in [2.75, 3.05) is 23.1 Å². The molecule has 2 N–H and O–H groups in total. The minimum absolute atomic E-state index is 0.176. The third kappa shape index (κ3) is 4.68. The van der Waals surface area contributed by atoms with Crippen molar-refractivity contribution < 1.29 is 12.8 Å². The molecule has 6 nitrogen and oxygen atoms in total. The number of halogens is 2. The van der Waals surface area contributed by atoms with E-state index in [1.54, 1.807) is 5.38 Å². The van der Waals surface area contributed by atoms with Crippen LogP contribution in [0.25, 0.3) is 0 Å². The molecule has 0 bridgehead atoms. The molecule has 1 aromatic heterocycles. The number of benzene rings is 1. The van der Waals surface area contributed by atoms with Gasteiger partial charge in [0, 0.05) is 23.7 Å². The maximum Gasteiger partial charge on any atom is 0.266 e. The molecule has 2 aliphatic rings. The summed E-state index contributed by atoms with van der Waals surface area (Å²) in [6, 6.07) is 2.94. The molecule has 158 valence electrons. The van der Waals surface area contributed by atoms with Crippen LogP contribution in [0.3, 0.4) is 0 Å². The van der Waals surface area contributed by atoms with Crippen molar-refractivity contribution in [3.63, 3.8) is 0 Å². The lowest BCUT2D eigenvalue weighted by molar-refractivity contribution is 0.177. The van der Waals surface area contributed by atoms with Crippen molar-refractivity contribution in [1.82, 2.24) is 9.88 Å². The van der Waals surface area contributed by atoms with Crippen molar-refractivity contribution in [1.29, 1.82) is 0 Å². The second kappa shape index (κ2) is 8.75. The molecule has 10 heteroatoms. The molecule has 2 atom stereocenters. The molecule has 1 aliphatic heterocycles. The zero-order valence-electron chi connectivity index (χ0n) is 15.9. The summed E-state index contributed by atoms with van der Waals surface area (Å²) in [7, 11) is -4.11. The number of thiazole rings is 1. The second-order valence-corrected chi connectivity index (χ2v) is 10.5. The summed E-state index contributed by atoms with van der Waals surface area (Å²) < 4.78 is 42.1. The minimum atomic E-state index is -4.11. The summed E-state index contributed by atoms with van der Waals surface area (Å²) in [4.78, 5) is 5.90. The third-order valence-electron chi connectivity index (χ3n) is 5.65. The molecule has 0 spiro atoms. The number of nitrogens with one attached hydrogen (secondary N) is 2. The van der Waals surface area contributed by atoms with E-state index in [9.17, 15) is 12.8 Å². The standard InChI is InChI=1S/C19H24ClFN4O2S2/c20-13-11-18(29(26,27)24-19-22-7-10-28-19)14(21)12-16(13)23-15-5-1-2-6-17(15)25-8-3-4-9-25/h7,10-12,15,17,23H,1-6,8-9H2,(H,22,24)/t15-,17-/m1/s1. The molecule has 29 heavy (non-hydrogen) atoms. The Morgan fingerprint density at radius 1 is 1.17 bits per heavy atom. The van der Waals surface area contributed by atoms with Crippen LogP contribution in [0.5, 0.6) is 0 Å². The molecule has 2 heterocycles. The molecule has 2 fully saturated rings. The molecule has 1 aliphatic carbocycles. The van der Waals surface area contributed by atoms with Crippen molar-refractivity contribution in [2.45, 2.75) is 55.5 Å². The highest BCUT2D eigenvalue weighted by molar-refractivity contribution is 7.93. The maximum atomic E-state index is 14.8. The maximum absolute atomic E-state index is 14.8.